The number of hydrogen-bond acceptors (Lipinski definition) is 4. The molecule has 0 atom stereocenters. The van der Waals surface area contributed by atoms with Crippen molar-refractivity contribution in [2.75, 3.05) is 52.4 Å². The Bertz CT molecular complexity index is 528. The van der Waals surface area contributed by atoms with Crippen LogP contribution in [-0.2, 0) is 9.59 Å². The largest absolute Gasteiger partial charge is 0.356 e. The Morgan fingerprint density at radius 2 is 0.725 bits per heavy atom. The summed E-state index contributed by atoms with van der Waals surface area (Å²) >= 11 is 0. The van der Waals surface area contributed by atoms with Gasteiger partial charge < -0.3 is 20.4 Å². The molecule has 236 valence electrons. The van der Waals surface area contributed by atoms with Crippen molar-refractivity contribution in [3.05, 3.63) is 0 Å². The van der Waals surface area contributed by atoms with E-state index in [0.717, 1.165) is 65.2 Å². The van der Waals surface area contributed by atoms with Gasteiger partial charge >= 0.3 is 0 Å². The van der Waals surface area contributed by atoms with E-state index in [1.54, 1.807) is 0 Å². The number of hydrogen-bond donors (Lipinski definition) is 2. The van der Waals surface area contributed by atoms with Gasteiger partial charge in [-0.2, -0.15) is 0 Å². The first kappa shape index (κ1) is 36.9. The van der Waals surface area contributed by atoms with Gasteiger partial charge in [0, 0.05) is 65.2 Å². The summed E-state index contributed by atoms with van der Waals surface area (Å²) in [6.45, 7) is 11.8. The Morgan fingerprint density at radius 1 is 0.450 bits per heavy atom. The van der Waals surface area contributed by atoms with E-state index in [1.807, 2.05) is 0 Å². The predicted octanol–water partition coefficient (Wildman–Crippen LogP) is 7.46. The third kappa shape index (κ3) is 23.6. The minimum absolute atomic E-state index is 0.192. The second-order valence-electron chi connectivity index (χ2n) is 12.2. The van der Waals surface area contributed by atoms with Gasteiger partial charge in [-0.1, -0.05) is 129 Å². The Hall–Kier alpha value is -1.14. The number of amides is 2. The molecule has 0 aliphatic carbocycles. The Balaban J connectivity index is 1.88. The molecule has 0 bridgehead atoms. The van der Waals surface area contributed by atoms with Crippen LogP contribution in [0.15, 0.2) is 0 Å². The van der Waals surface area contributed by atoms with Crippen molar-refractivity contribution in [3.63, 3.8) is 0 Å². The minimum Gasteiger partial charge on any atom is -0.356 e. The van der Waals surface area contributed by atoms with Crippen molar-refractivity contribution in [2.45, 2.75) is 155 Å². The fraction of sp³-hybridized carbons (Fsp3) is 0.941. The fourth-order valence-corrected chi connectivity index (χ4v) is 5.61. The van der Waals surface area contributed by atoms with Gasteiger partial charge in [-0.15, -0.1) is 0 Å². The number of nitrogens with zero attached hydrogens (tertiary/aromatic N) is 2. The van der Waals surface area contributed by atoms with Gasteiger partial charge in [-0.25, -0.2) is 0 Å². The van der Waals surface area contributed by atoms with Crippen LogP contribution in [0.25, 0.3) is 0 Å². The number of nitrogens with one attached hydrogen (secondary N) is 2. The summed E-state index contributed by atoms with van der Waals surface area (Å²) in [5.41, 5.74) is 0. The summed E-state index contributed by atoms with van der Waals surface area (Å²) in [7, 11) is 0. The molecule has 2 amide bonds. The molecule has 0 aromatic heterocycles. The number of unbranched alkanes of at least 4 members (excludes halogenated alkanes) is 18. The highest BCUT2D eigenvalue weighted by Gasteiger charge is 2.18. The normalized spacial score (nSPS) is 14.4. The average Bonchev–Trinajstić information content (AvgIpc) is 2.97. The summed E-state index contributed by atoms with van der Waals surface area (Å²) in [5, 5.41) is 6.22. The van der Waals surface area contributed by atoms with Crippen molar-refractivity contribution in [1.82, 2.24) is 20.4 Å². The minimum atomic E-state index is 0.192. The van der Waals surface area contributed by atoms with Crippen molar-refractivity contribution < 1.29 is 9.59 Å². The standard InChI is InChI=1S/C34H68N4O2/c1-3-5-7-9-11-13-15-17-19-21-25-35-33(39)23-27-37-29-31-38(32-30-37)28-24-34(40)36-26-22-20-18-16-14-12-10-8-6-4-2/h3-32H2,1-2H3,(H,35,39)(H,36,40). The first-order valence-corrected chi connectivity index (χ1v) is 17.6. The average molecular weight is 565 g/mol. The number of carbonyl (C=O) groups excluding carboxylic acids is 2. The van der Waals surface area contributed by atoms with E-state index in [9.17, 15) is 9.59 Å². The summed E-state index contributed by atoms with van der Waals surface area (Å²) in [5.74, 6) is 0.384. The van der Waals surface area contributed by atoms with E-state index in [0.29, 0.717) is 12.8 Å². The Kier molecular flexibility index (Phi) is 25.8. The molecule has 1 saturated heterocycles. The molecule has 0 saturated carbocycles. The summed E-state index contributed by atoms with van der Waals surface area (Å²) in [6.07, 6.45) is 27.7. The maximum absolute atomic E-state index is 12.2. The van der Waals surface area contributed by atoms with E-state index in [4.69, 9.17) is 0 Å². The van der Waals surface area contributed by atoms with Crippen LogP contribution >= 0.6 is 0 Å². The fourth-order valence-electron chi connectivity index (χ4n) is 5.61. The molecule has 2 N–H and O–H groups in total. The van der Waals surface area contributed by atoms with E-state index >= 15 is 0 Å². The first-order valence-electron chi connectivity index (χ1n) is 17.6. The van der Waals surface area contributed by atoms with Gasteiger partial charge in [-0.3, -0.25) is 9.59 Å². The zero-order valence-electron chi connectivity index (χ0n) is 26.9. The Morgan fingerprint density at radius 3 is 1.02 bits per heavy atom. The van der Waals surface area contributed by atoms with Crippen LogP contribution in [0.5, 0.6) is 0 Å². The van der Waals surface area contributed by atoms with Gasteiger partial charge in [0.2, 0.25) is 11.8 Å². The monoisotopic (exact) mass is 565 g/mol. The lowest BCUT2D eigenvalue weighted by atomic mass is 10.1. The molecule has 0 aromatic carbocycles. The number of carbonyl (C=O) groups is 2. The molecular formula is C34H68N4O2. The van der Waals surface area contributed by atoms with Crippen LogP contribution < -0.4 is 10.6 Å². The SMILES string of the molecule is CCCCCCCCCCCCNC(=O)CCN1CCN(CCC(=O)NCCCCCCCCCCCC)CC1. The zero-order valence-corrected chi connectivity index (χ0v) is 26.9. The van der Waals surface area contributed by atoms with Crippen molar-refractivity contribution in [2.24, 2.45) is 0 Å². The van der Waals surface area contributed by atoms with Gasteiger partial charge in [-0.05, 0) is 12.8 Å². The van der Waals surface area contributed by atoms with Gasteiger partial charge in [0.25, 0.3) is 0 Å². The highest BCUT2D eigenvalue weighted by molar-refractivity contribution is 5.76. The molecule has 1 rings (SSSR count). The molecule has 1 aliphatic heterocycles. The number of piperazine rings is 1. The molecule has 1 heterocycles. The predicted molar refractivity (Wildman–Crippen MR) is 172 cm³/mol. The van der Waals surface area contributed by atoms with Crippen LogP contribution in [-0.4, -0.2) is 74.0 Å². The van der Waals surface area contributed by atoms with E-state index in [-0.39, 0.29) is 11.8 Å². The molecule has 0 radical (unpaired) electrons. The van der Waals surface area contributed by atoms with Gasteiger partial charge in [0.1, 0.15) is 0 Å². The lowest BCUT2D eigenvalue weighted by Crippen LogP contribution is -2.48. The molecule has 6 heteroatoms. The molecule has 6 nitrogen and oxygen atoms in total. The van der Waals surface area contributed by atoms with Crippen LogP contribution in [0.1, 0.15) is 155 Å². The lowest BCUT2D eigenvalue weighted by Gasteiger charge is -2.34. The zero-order chi connectivity index (χ0) is 28.9. The van der Waals surface area contributed by atoms with Crippen molar-refractivity contribution in [1.29, 1.82) is 0 Å². The van der Waals surface area contributed by atoms with Crippen molar-refractivity contribution >= 4 is 11.8 Å². The molecule has 0 spiro atoms. The number of rotatable bonds is 28. The first-order chi connectivity index (χ1) is 19.7. The van der Waals surface area contributed by atoms with Crippen LogP contribution in [0.4, 0.5) is 0 Å². The topological polar surface area (TPSA) is 64.7 Å². The summed E-state index contributed by atoms with van der Waals surface area (Å²) in [6, 6.07) is 0. The molecule has 40 heavy (non-hydrogen) atoms. The highest BCUT2D eigenvalue weighted by Crippen LogP contribution is 2.11. The Labute approximate surface area is 249 Å². The molecule has 0 unspecified atom stereocenters. The smallest absolute Gasteiger partial charge is 0.221 e. The maximum Gasteiger partial charge on any atom is 0.221 e. The van der Waals surface area contributed by atoms with E-state index in [1.165, 1.54) is 116 Å². The quantitative estimate of drug-likeness (QED) is 0.0968. The molecular weight excluding hydrogens is 496 g/mol. The third-order valence-corrected chi connectivity index (χ3v) is 8.48. The third-order valence-electron chi connectivity index (χ3n) is 8.48. The van der Waals surface area contributed by atoms with Gasteiger partial charge in [0.05, 0.1) is 0 Å². The maximum atomic E-state index is 12.2. The second-order valence-corrected chi connectivity index (χ2v) is 12.2. The molecule has 1 aliphatic rings. The highest BCUT2D eigenvalue weighted by atomic mass is 16.2. The molecule has 0 aromatic rings. The van der Waals surface area contributed by atoms with Crippen LogP contribution in [0.2, 0.25) is 0 Å². The van der Waals surface area contributed by atoms with E-state index < -0.39 is 0 Å². The summed E-state index contributed by atoms with van der Waals surface area (Å²) in [4.78, 5) is 29.2. The lowest BCUT2D eigenvalue weighted by molar-refractivity contribution is -0.122. The van der Waals surface area contributed by atoms with Crippen molar-refractivity contribution in [3.8, 4) is 0 Å². The van der Waals surface area contributed by atoms with Crippen LogP contribution in [0, 0.1) is 0 Å². The van der Waals surface area contributed by atoms with Crippen LogP contribution in [0.3, 0.4) is 0 Å². The molecule has 1 fully saturated rings. The van der Waals surface area contributed by atoms with Gasteiger partial charge in [0.15, 0.2) is 0 Å². The van der Waals surface area contributed by atoms with E-state index in [2.05, 4.69) is 34.3 Å². The summed E-state index contributed by atoms with van der Waals surface area (Å²) < 4.78 is 0. The second kappa shape index (κ2) is 28.0.